The van der Waals surface area contributed by atoms with E-state index >= 15 is 0 Å². The van der Waals surface area contributed by atoms with Crippen molar-refractivity contribution in [1.82, 2.24) is 0 Å². The fourth-order valence-corrected chi connectivity index (χ4v) is 7.54. The van der Waals surface area contributed by atoms with Gasteiger partial charge in [0.2, 0.25) is 0 Å². The summed E-state index contributed by atoms with van der Waals surface area (Å²) in [6.07, 6.45) is -1.78. The van der Waals surface area contributed by atoms with E-state index in [9.17, 15) is 22.8 Å². The average molecular weight is 488 g/mol. The van der Waals surface area contributed by atoms with E-state index in [0.717, 1.165) is 6.26 Å². The Hall–Kier alpha value is -2.01. The van der Waals surface area contributed by atoms with E-state index < -0.39 is 57.2 Å². The molecule has 11 heteroatoms. The molecule has 0 aliphatic heterocycles. The molecule has 4 fully saturated rings. The van der Waals surface area contributed by atoms with Crippen molar-refractivity contribution in [2.24, 2.45) is 39.7 Å². The molecule has 0 aromatic carbocycles. The largest absolute Gasteiger partial charge is 0.458 e. The van der Waals surface area contributed by atoms with Gasteiger partial charge in [0.15, 0.2) is 6.10 Å². The van der Waals surface area contributed by atoms with Gasteiger partial charge in [0.1, 0.15) is 12.2 Å². The van der Waals surface area contributed by atoms with E-state index in [1.54, 1.807) is 0 Å². The van der Waals surface area contributed by atoms with Gasteiger partial charge in [-0.15, -0.1) is 0 Å². The molecule has 33 heavy (non-hydrogen) atoms. The van der Waals surface area contributed by atoms with Gasteiger partial charge in [-0.1, -0.05) is 32.9 Å². The SMILES string of the molecule is CC(=O)O/N=C1/C[C@@H](C)[C@H]2[C@H]3[C@@H]1[C@]2(C)[C@H](OS(C)(=O)=O)[C@H](OC(C)=O)[C@@H](OC(C)=O)C3(C)C. The fourth-order valence-electron chi connectivity index (χ4n) is 6.85. The second-order valence-corrected chi connectivity index (χ2v) is 12.0. The van der Waals surface area contributed by atoms with Crippen LogP contribution < -0.4 is 0 Å². The molecule has 0 amide bonds. The minimum atomic E-state index is -3.99. The lowest BCUT2D eigenvalue weighted by molar-refractivity contribution is -0.203. The number of ether oxygens (including phenoxy) is 2. The van der Waals surface area contributed by atoms with Gasteiger partial charge in [0, 0.05) is 37.5 Å². The highest BCUT2D eigenvalue weighted by molar-refractivity contribution is 7.86. The van der Waals surface area contributed by atoms with Crippen LogP contribution in [0.15, 0.2) is 5.16 Å². The molecular weight excluding hydrogens is 454 g/mol. The molecular formula is C22H33NO9S. The Morgan fingerprint density at radius 3 is 2.00 bits per heavy atom. The van der Waals surface area contributed by atoms with Gasteiger partial charge in [0.25, 0.3) is 10.1 Å². The van der Waals surface area contributed by atoms with Crippen LogP contribution in [0.5, 0.6) is 0 Å². The van der Waals surface area contributed by atoms with Crippen LogP contribution in [0.4, 0.5) is 0 Å². The molecule has 8 atom stereocenters. The Kier molecular flexibility index (Phi) is 6.47. The lowest BCUT2D eigenvalue weighted by Crippen LogP contribution is -2.71. The van der Waals surface area contributed by atoms with E-state index in [-0.39, 0.29) is 23.7 Å². The monoisotopic (exact) mass is 487 g/mol. The average Bonchev–Trinajstić information content (AvgIpc) is 2.71. The van der Waals surface area contributed by atoms with Crippen LogP contribution in [0, 0.1) is 34.5 Å². The summed E-state index contributed by atoms with van der Waals surface area (Å²) < 4.78 is 41.7. The molecule has 186 valence electrons. The third-order valence-corrected chi connectivity index (χ3v) is 8.16. The molecule has 0 heterocycles. The predicted molar refractivity (Wildman–Crippen MR) is 116 cm³/mol. The van der Waals surface area contributed by atoms with Crippen molar-refractivity contribution in [3.63, 3.8) is 0 Å². The van der Waals surface area contributed by atoms with Crippen molar-refractivity contribution in [3.8, 4) is 0 Å². The summed E-state index contributed by atoms with van der Waals surface area (Å²) in [6, 6.07) is 0. The minimum absolute atomic E-state index is 0.0262. The molecule has 4 aliphatic carbocycles. The van der Waals surface area contributed by atoms with Crippen LogP contribution in [0.3, 0.4) is 0 Å². The highest BCUT2D eigenvalue weighted by Gasteiger charge is 2.78. The van der Waals surface area contributed by atoms with Gasteiger partial charge in [0.05, 0.1) is 12.0 Å². The summed E-state index contributed by atoms with van der Waals surface area (Å²) in [5, 5.41) is 4.14. The Morgan fingerprint density at radius 1 is 0.939 bits per heavy atom. The molecule has 0 aromatic rings. The van der Waals surface area contributed by atoms with Crippen LogP contribution >= 0.6 is 0 Å². The zero-order chi connectivity index (χ0) is 25.1. The first-order valence-corrected chi connectivity index (χ1v) is 12.8. The van der Waals surface area contributed by atoms with E-state index in [4.69, 9.17) is 18.5 Å². The molecule has 0 N–H and O–H groups in total. The topological polar surface area (TPSA) is 135 Å². The third kappa shape index (κ3) is 4.29. The zero-order valence-electron chi connectivity index (χ0n) is 20.3. The van der Waals surface area contributed by atoms with Crippen molar-refractivity contribution in [2.45, 2.75) is 73.2 Å². The fraction of sp³-hybridized carbons (Fsp3) is 0.818. The normalized spacial score (nSPS) is 40.2. The highest BCUT2D eigenvalue weighted by atomic mass is 32.2. The first kappa shape index (κ1) is 25.6. The molecule has 10 nitrogen and oxygen atoms in total. The van der Waals surface area contributed by atoms with Crippen molar-refractivity contribution in [1.29, 1.82) is 0 Å². The molecule has 0 spiro atoms. The number of hydrogen-bond donors (Lipinski definition) is 0. The van der Waals surface area contributed by atoms with Crippen LogP contribution in [-0.4, -0.2) is 56.6 Å². The standard InChI is InChI=1S/C22H33NO9S/c1-10-9-14(23-31-13(4)26)16-17-15(10)22(16,7)20(32-33(8,27)28)18(29-11(2)24)19(21(17,5)6)30-12(3)25/h10,15-20H,9H2,1-8H3/b23-14-/t10-,15+,16-,17+,18-,19-,20-,22-/m1/s1. The van der Waals surface area contributed by atoms with Gasteiger partial charge < -0.3 is 14.3 Å². The van der Waals surface area contributed by atoms with Gasteiger partial charge in [-0.25, -0.2) is 4.79 Å². The quantitative estimate of drug-likeness (QED) is 0.247. The second-order valence-electron chi connectivity index (χ2n) is 10.4. The molecule has 0 aromatic heterocycles. The summed E-state index contributed by atoms with van der Waals surface area (Å²) >= 11 is 0. The lowest BCUT2D eigenvalue weighted by Gasteiger charge is -2.69. The van der Waals surface area contributed by atoms with E-state index in [0.29, 0.717) is 12.1 Å². The van der Waals surface area contributed by atoms with Gasteiger partial charge in [-0.05, 0) is 24.2 Å². The minimum Gasteiger partial charge on any atom is -0.458 e. The summed E-state index contributed by atoms with van der Waals surface area (Å²) in [5.41, 5.74) is -0.966. The van der Waals surface area contributed by atoms with Crippen molar-refractivity contribution in [3.05, 3.63) is 0 Å². The Balaban J connectivity index is 2.27. The zero-order valence-corrected chi connectivity index (χ0v) is 21.1. The van der Waals surface area contributed by atoms with Crippen molar-refractivity contribution < 1.29 is 41.3 Å². The van der Waals surface area contributed by atoms with Crippen LogP contribution in [0.25, 0.3) is 0 Å². The Morgan fingerprint density at radius 2 is 1.52 bits per heavy atom. The Bertz CT molecular complexity index is 988. The predicted octanol–water partition coefficient (Wildman–Crippen LogP) is 2.06. The lowest BCUT2D eigenvalue weighted by atomic mass is 9.35. The van der Waals surface area contributed by atoms with Gasteiger partial charge in [-0.3, -0.25) is 13.8 Å². The molecule has 4 aliphatic rings. The van der Waals surface area contributed by atoms with Gasteiger partial charge in [-0.2, -0.15) is 8.42 Å². The molecule has 0 unspecified atom stereocenters. The summed E-state index contributed by atoms with van der Waals surface area (Å²) in [4.78, 5) is 40.6. The molecule has 4 bridgehead atoms. The van der Waals surface area contributed by atoms with Gasteiger partial charge >= 0.3 is 17.9 Å². The van der Waals surface area contributed by atoms with Crippen LogP contribution in [0.2, 0.25) is 0 Å². The first-order chi connectivity index (χ1) is 15.0. The Labute approximate surface area is 194 Å². The molecule has 0 saturated heterocycles. The maximum Gasteiger partial charge on any atom is 0.331 e. The molecule has 4 saturated carbocycles. The smallest absolute Gasteiger partial charge is 0.331 e. The van der Waals surface area contributed by atoms with Crippen LogP contribution in [0.1, 0.15) is 54.9 Å². The number of nitrogens with zero attached hydrogens (tertiary/aromatic N) is 1. The van der Waals surface area contributed by atoms with E-state index in [1.807, 2.05) is 27.7 Å². The maximum atomic E-state index is 12.4. The summed E-state index contributed by atoms with van der Waals surface area (Å²) in [6.45, 7) is 11.4. The first-order valence-electron chi connectivity index (χ1n) is 11.0. The molecule has 0 radical (unpaired) electrons. The summed E-state index contributed by atoms with van der Waals surface area (Å²) in [7, 11) is -3.99. The van der Waals surface area contributed by atoms with Crippen LogP contribution in [-0.2, 0) is 43.0 Å². The number of fused-ring (bicyclic) bond motifs is 2. The number of carbonyl (C=O) groups excluding carboxylic acids is 3. The maximum absolute atomic E-state index is 12.4. The molecule has 4 rings (SSSR count). The van der Waals surface area contributed by atoms with Crippen molar-refractivity contribution >= 4 is 33.7 Å². The van der Waals surface area contributed by atoms with E-state index in [1.165, 1.54) is 20.8 Å². The highest BCUT2D eigenvalue weighted by Crippen LogP contribution is 2.73. The number of esters is 2. The number of carbonyl (C=O) groups is 3. The number of rotatable bonds is 5. The second kappa shape index (κ2) is 8.33. The van der Waals surface area contributed by atoms with E-state index in [2.05, 4.69) is 5.16 Å². The number of hydrogen-bond acceptors (Lipinski definition) is 10. The van der Waals surface area contributed by atoms with Crippen molar-refractivity contribution in [2.75, 3.05) is 6.26 Å². The number of oxime groups is 1. The summed E-state index contributed by atoms with van der Waals surface area (Å²) in [5.74, 6) is -2.26. The third-order valence-electron chi connectivity index (χ3n) is 7.60.